The van der Waals surface area contributed by atoms with Gasteiger partial charge in [0.05, 0.1) is 50.5 Å². The predicted octanol–water partition coefficient (Wildman–Crippen LogP) is 2.73. The topological polar surface area (TPSA) is 52.6 Å². The molecule has 0 atom stereocenters. The first-order chi connectivity index (χ1) is 13.6. The fraction of sp³-hybridized carbons (Fsp3) is 0.318. The van der Waals surface area contributed by atoms with Crippen LogP contribution >= 0.6 is 11.6 Å². The lowest BCUT2D eigenvalue weighted by molar-refractivity contribution is -0.898. The van der Waals surface area contributed by atoms with Crippen molar-refractivity contribution in [3.63, 3.8) is 0 Å². The smallest absolute Gasteiger partial charge is 0.228 e. The van der Waals surface area contributed by atoms with Crippen molar-refractivity contribution in [2.24, 2.45) is 0 Å². The third-order valence-corrected chi connectivity index (χ3v) is 5.80. The van der Waals surface area contributed by atoms with E-state index < -0.39 is 0 Å². The molecule has 0 unspecified atom stereocenters. The number of amides is 1. The maximum absolute atomic E-state index is 12.8. The minimum atomic E-state index is -0.0360. The van der Waals surface area contributed by atoms with Crippen LogP contribution in [0, 0.1) is 0 Å². The molecule has 0 saturated carbocycles. The molecule has 6 heteroatoms. The van der Waals surface area contributed by atoms with Crippen LogP contribution in [0.5, 0.6) is 0 Å². The lowest BCUT2D eigenvalue weighted by Gasteiger charge is -2.34. The first kappa shape index (κ1) is 18.8. The van der Waals surface area contributed by atoms with Gasteiger partial charge in [-0.25, -0.2) is 0 Å². The number of piperazine rings is 1. The number of benzene rings is 2. The van der Waals surface area contributed by atoms with Crippen molar-refractivity contribution in [2.45, 2.75) is 13.3 Å². The van der Waals surface area contributed by atoms with Crippen LogP contribution in [-0.4, -0.2) is 43.6 Å². The summed E-state index contributed by atoms with van der Waals surface area (Å²) < 4.78 is 0. The monoisotopic (exact) mass is 397 g/mol. The lowest BCUT2D eigenvalue weighted by Crippen LogP contribution is -3.14. The second-order valence-corrected chi connectivity index (χ2v) is 7.77. The third kappa shape index (κ3) is 4.01. The minimum absolute atomic E-state index is 0.0360. The van der Waals surface area contributed by atoms with Crippen LogP contribution in [0.4, 0.5) is 11.4 Å². The number of nitrogens with zero attached hydrogens (tertiary/aromatic N) is 1. The van der Waals surface area contributed by atoms with Crippen LogP contribution in [-0.2, 0) is 11.2 Å². The van der Waals surface area contributed by atoms with Gasteiger partial charge in [0.1, 0.15) is 0 Å². The Morgan fingerprint density at radius 3 is 2.79 bits per heavy atom. The number of anilines is 2. The van der Waals surface area contributed by atoms with Crippen molar-refractivity contribution in [1.29, 1.82) is 0 Å². The molecule has 3 N–H and O–H groups in total. The van der Waals surface area contributed by atoms with Crippen LogP contribution in [0.25, 0.3) is 10.9 Å². The highest BCUT2D eigenvalue weighted by Gasteiger charge is 2.21. The molecular formula is C22H26ClN4O+. The van der Waals surface area contributed by atoms with Gasteiger partial charge in [0, 0.05) is 22.1 Å². The Hall–Kier alpha value is -2.50. The number of rotatable bonds is 5. The van der Waals surface area contributed by atoms with Crippen molar-refractivity contribution in [3.8, 4) is 0 Å². The molecule has 2 heterocycles. The summed E-state index contributed by atoms with van der Waals surface area (Å²) in [5.74, 6) is -0.0360. The fourth-order valence-corrected chi connectivity index (χ4v) is 4.12. The minimum Gasteiger partial charge on any atom is -0.361 e. The molecule has 3 aromatic rings. The van der Waals surface area contributed by atoms with Gasteiger partial charge >= 0.3 is 0 Å². The number of carbonyl (C=O) groups is 1. The highest BCUT2D eigenvalue weighted by atomic mass is 35.5. The molecule has 0 aliphatic carbocycles. The Balaban J connectivity index is 1.51. The van der Waals surface area contributed by atoms with Crippen molar-refractivity contribution in [3.05, 3.63) is 59.2 Å². The zero-order valence-electron chi connectivity index (χ0n) is 16.1. The number of para-hydroxylation sites is 1. The van der Waals surface area contributed by atoms with Crippen molar-refractivity contribution in [2.75, 3.05) is 42.9 Å². The van der Waals surface area contributed by atoms with E-state index in [2.05, 4.69) is 22.1 Å². The van der Waals surface area contributed by atoms with Crippen molar-refractivity contribution < 1.29 is 9.69 Å². The summed E-state index contributed by atoms with van der Waals surface area (Å²) in [6.45, 7) is 7.57. The maximum Gasteiger partial charge on any atom is 0.228 e. The third-order valence-electron chi connectivity index (χ3n) is 5.57. The van der Waals surface area contributed by atoms with Crippen LogP contribution in [0.15, 0.2) is 48.7 Å². The molecule has 1 aromatic heterocycles. The summed E-state index contributed by atoms with van der Waals surface area (Å²) >= 11 is 6.23. The van der Waals surface area contributed by atoms with E-state index in [1.165, 1.54) is 0 Å². The van der Waals surface area contributed by atoms with Crippen LogP contribution < -0.4 is 15.1 Å². The normalized spacial score (nSPS) is 15.1. The van der Waals surface area contributed by atoms with E-state index in [0.717, 1.165) is 60.6 Å². The summed E-state index contributed by atoms with van der Waals surface area (Å²) in [7, 11) is 0. The summed E-state index contributed by atoms with van der Waals surface area (Å²) in [5, 5.41) is 4.81. The number of quaternary nitrogens is 1. The Bertz CT molecular complexity index is 976. The van der Waals surface area contributed by atoms with E-state index in [1.54, 1.807) is 4.90 Å². The predicted molar refractivity (Wildman–Crippen MR) is 116 cm³/mol. The number of likely N-dealkylation sites (N-methyl/N-ethyl adjacent to an activating group) is 1. The Kier molecular flexibility index (Phi) is 5.55. The molecule has 28 heavy (non-hydrogen) atoms. The second kappa shape index (κ2) is 8.25. The quantitative estimate of drug-likeness (QED) is 0.620. The highest BCUT2D eigenvalue weighted by molar-refractivity contribution is 6.31. The molecule has 1 aliphatic heterocycles. The van der Waals surface area contributed by atoms with Gasteiger partial charge in [0.15, 0.2) is 0 Å². The number of halogens is 1. The van der Waals surface area contributed by atoms with Crippen LogP contribution in [0.3, 0.4) is 0 Å². The Morgan fingerprint density at radius 1 is 1.21 bits per heavy atom. The second-order valence-electron chi connectivity index (χ2n) is 7.34. The number of nitrogens with one attached hydrogen (secondary N) is 3. The number of aromatic nitrogens is 1. The lowest BCUT2D eigenvalue weighted by atomic mass is 10.1. The van der Waals surface area contributed by atoms with Gasteiger partial charge < -0.3 is 20.1 Å². The summed E-state index contributed by atoms with van der Waals surface area (Å²) in [6, 6.07) is 13.8. The molecule has 0 radical (unpaired) electrons. The van der Waals surface area contributed by atoms with Crippen LogP contribution in [0.1, 0.15) is 12.5 Å². The van der Waals surface area contributed by atoms with E-state index in [1.807, 2.05) is 48.7 Å². The van der Waals surface area contributed by atoms with Crippen molar-refractivity contribution in [1.82, 2.24) is 4.98 Å². The SMILES string of the molecule is CC[NH+]1CCN(c2ccc(Cl)cc2NC(=O)Cc2c[nH]c3ccccc23)CC1. The molecule has 1 aliphatic rings. The molecule has 2 aromatic carbocycles. The first-order valence-electron chi connectivity index (χ1n) is 9.87. The molecule has 1 fully saturated rings. The average Bonchev–Trinajstić information content (AvgIpc) is 3.11. The average molecular weight is 398 g/mol. The molecule has 5 nitrogen and oxygen atoms in total. The van der Waals surface area contributed by atoms with Crippen LogP contribution in [0.2, 0.25) is 5.02 Å². The zero-order chi connectivity index (χ0) is 19.5. The van der Waals surface area contributed by atoms with Gasteiger partial charge in [-0.3, -0.25) is 4.79 Å². The van der Waals surface area contributed by atoms with Gasteiger partial charge in [-0.15, -0.1) is 0 Å². The summed E-state index contributed by atoms with van der Waals surface area (Å²) in [6.07, 6.45) is 2.24. The molecular weight excluding hydrogens is 372 g/mol. The van der Waals surface area contributed by atoms with E-state index in [-0.39, 0.29) is 5.91 Å². The standard InChI is InChI=1S/C22H25ClN4O/c1-2-26-9-11-27(12-10-26)21-8-7-17(23)14-20(21)25-22(28)13-16-15-24-19-6-4-3-5-18(16)19/h3-8,14-15,24H,2,9-13H2,1H3,(H,25,28)/p+1. The van der Waals surface area contributed by atoms with Gasteiger partial charge in [0.25, 0.3) is 0 Å². The van der Waals surface area contributed by atoms with Gasteiger partial charge in [-0.1, -0.05) is 29.8 Å². The highest BCUT2D eigenvalue weighted by Crippen LogP contribution is 2.30. The van der Waals surface area contributed by atoms with Gasteiger partial charge in [-0.05, 0) is 36.8 Å². The number of fused-ring (bicyclic) bond motifs is 1. The molecule has 146 valence electrons. The first-order valence-corrected chi connectivity index (χ1v) is 10.2. The maximum atomic E-state index is 12.8. The molecule has 1 amide bonds. The number of hydrogen-bond donors (Lipinski definition) is 3. The van der Waals surface area contributed by atoms with Gasteiger partial charge in [0.2, 0.25) is 5.91 Å². The number of H-pyrrole nitrogens is 1. The van der Waals surface area contributed by atoms with E-state index in [0.29, 0.717) is 11.4 Å². The Labute approximate surface area is 170 Å². The van der Waals surface area contributed by atoms with Gasteiger partial charge in [-0.2, -0.15) is 0 Å². The molecule has 0 spiro atoms. The number of aromatic amines is 1. The van der Waals surface area contributed by atoms with E-state index in [9.17, 15) is 4.79 Å². The van der Waals surface area contributed by atoms with Crippen molar-refractivity contribution >= 4 is 39.8 Å². The molecule has 1 saturated heterocycles. The molecule has 0 bridgehead atoms. The zero-order valence-corrected chi connectivity index (χ0v) is 16.9. The largest absolute Gasteiger partial charge is 0.361 e. The summed E-state index contributed by atoms with van der Waals surface area (Å²) in [5.41, 5.74) is 3.88. The fourth-order valence-electron chi connectivity index (χ4n) is 3.95. The van der Waals surface area contributed by atoms with E-state index in [4.69, 9.17) is 11.6 Å². The summed E-state index contributed by atoms with van der Waals surface area (Å²) in [4.78, 5) is 20.0. The Morgan fingerprint density at radius 2 is 2.00 bits per heavy atom. The number of carbonyl (C=O) groups excluding carboxylic acids is 1. The number of hydrogen-bond acceptors (Lipinski definition) is 2. The molecule has 4 rings (SSSR count). The van der Waals surface area contributed by atoms with E-state index >= 15 is 0 Å².